The molecule has 2 amide bonds. The Kier molecular flexibility index (Phi) is 13.6. The number of hydrazone groups is 2. The number of nitrogens with zero attached hydrogens (tertiary/aromatic N) is 11. The summed E-state index contributed by atoms with van der Waals surface area (Å²) in [5.41, 5.74) is 5.29. The highest BCUT2D eigenvalue weighted by atomic mass is 19.4. The van der Waals surface area contributed by atoms with Gasteiger partial charge in [0.05, 0.1) is 22.3 Å². The molecule has 2 aliphatic rings. The zero-order valence-electron chi connectivity index (χ0n) is 26.4. The average Bonchev–Trinajstić information content (AvgIpc) is 3.53. The number of nitrogen functional groups attached to an aromatic ring is 1. The number of aryl methyl sites for hydroxylation is 3. The standard InChI is InChI=1S/C10H15F3N2O.C9H16N2O.2C3H6N4.CH4/c1-6(2)7-9(3,4)8(16)15(14-7)5-10(11,12)13;1-6(2)7-9(3,4)8(12)11(5)10-7;1-7-2-5-3(4)6-7;1-3-4-5-6-7(3)2;/h6H,5H2,1-4H3;6H,1-5H3;2H,1H3,(H2,4,6);1-2H3;1H4. The van der Waals surface area contributed by atoms with Crippen molar-refractivity contribution >= 4 is 29.2 Å². The Hall–Kier alpha value is -3.92. The van der Waals surface area contributed by atoms with Gasteiger partial charge in [0.2, 0.25) is 5.95 Å². The first-order chi connectivity index (χ1) is 19.0. The molecule has 4 rings (SSSR count). The molecule has 43 heavy (non-hydrogen) atoms. The second-order valence-electron chi connectivity index (χ2n) is 11.5. The smallest absolute Gasteiger partial charge is 0.367 e. The Morgan fingerprint density at radius 2 is 1.40 bits per heavy atom. The third kappa shape index (κ3) is 10.7. The van der Waals surface area contributed by atoms with E-state index in [2.05, 4.69) is 49.7 Å². The average molecular weight is 617 g/mol. The van der Waals surface area contributed by atoms with Crippen molar-refractivity contribution in [1.82, 2.24) is 45.0 Å². The Bertz CT molecular complexity index is 1240. The molecule has 0 spiro atoms. The van der Waals surface area contributed by atoms with Crippen LogP contribution in [-0.4, -0.2) is 88.0 Å². The van der Waals surface area contributed by atoms with E-state index in [0.717, 1.165) is 11.5 Å². The van der Waals surface area contributed by atoms with Crippen LogP contribution in [0.25, 0.3) is 0 Å². The number of tetrazole rings is 1. The van der Waals surface area contributed by atoms with Crippen LogP contribution in [-0.2, 0) is 23.7 Å². The molecule has 0 fully saturated rings. The lowest BCUT2D eigenvalue weighted by atomic mass is 9.82. The molecule has 2 aliphatic heterocycles. The summed E-state index contributed by atoms with van der Waals surface area (Å²) in [6.45, 7) is 15.3. The first-order valence-electron chi connectivity index (χ1n) is 13.2. The number of hydrogen-bond donors (Lipinski definition) is 1. The van der Waals surface area contributed by atoms with Gasteiger partial charge in [-0.25, -0.2) is 19.7 Å². The Balaban J connectivity index is 0.000000575. The van der Waals surface area contributed by atoms with Crippen LogP contribution in [0.3, 0.4) is 0 Å². The van der Waals surface area contributed by atoms with Crippen LogP contribution in [0, 0.1) is 29.6 Å². The molecule has 14 nitrogen and oxygen atoms in total. The molecule has 0 aliphatic carbocycles. The summed E-state index contributed by atoms with van der Waals surface area (Å²) in [5, 5.41) is 24.2. The summed E-state index contributed by atoms with van der Waals surface area (Å²) in [6.07, 6.45) is -2.86. The Morgan fingerprint density at radius 3 is 1.60 bits per heavy atom. The quantitative estimate of drug-likeness (QED) is 0.547. The molecule has 17 heteroatoms. The number of hydrogen-bond acceptors (Lipinski definition) is 10. The summed E-state index contributed by atoms with van der Waals surface area (Å²) in [7, 11) is 5.28. The number of amides is 2. The maximum absolute atomic E-state index is 12.2. The molecule has 2 aromatic rings. The number of alkyl halides is 3. The fraction of sp³-hybridized carbons (Fsp3) is 0.731. The van der Waals surface area contributed by atoms with Crippen molar-refractivity contribution in [2.24, 2.45) is 47.0 Å². The van der Waals surface area contributed by atoms with Gasteiger partial charge in [-0.05, 0) is 56.9 Å². The minimum Gasteiger partial charge on any atom is -0.367 e. The maximum atomic E-state index is 12.2. The van der Waals surface area contributed by atoms with E-state index < -0.39 is 29.5 Å². The van der Waals surface area contributed by atoms with Gasteiger partial charge >= 0.3 is 6.18 Å². The van der Waals surface area contributed by atoms with Crippen molar-refractivity contribution in [3.63, 3.8) is 0 Å². The van der Waals surface area contributed by atoms with Crippen LogP contribution in [0.5, 0.6) is 0 Å². The third-order valence-electron chi connectivity index (χ3n) is 6.24. The van der Waals surface area contributed by atoms with E-state index in [9.17, 15) is 22.8 Å². The molecule has 0 unspecified atom stereocenters. The van der Waals surface area contributed by atoms with Crippen molar-refractivity contribution in [3.8, 4) is 0 Å². The highest BCUT2D eigenvalue weighted by Crippen LogP contribution is 2.33. The van der Waals surface area contributed by atoms with Gasteiger partial charge in [-0.15, -0.1) is 10.2 Å². The van der Waals surface area contributed by atoms with Crippen LogP contribution < -0.4 is 5.73 Å². The lowest BCUT2D eigenvalue weighted by Crippen LogP contribution is -2.39. The predicted molar refractivity (Wildman–Crippen MR) is 158 cm³/mol. The topological polar surface area (TPSA) is 166 Å². The first-order valence-corrected chi connectivity index (χ1v) is 13.2. The molecule has 0 bridgehead atoms. The van der Waals surface area contributed by atoms with Crippen molar-refractivity contribution < 1.29 is 22.8 Å². The van der Waals surface area contributed by atoms with E-state index >= 15 is 0 Å². The van der Waals surface area contributed by atoms with Gasteiger partial charge in [-0.1, -0.05) is 35.1 Å². The summed E-state index contributed by atoms with van der Waals surface area (Å²) in [4.78, 5) is 26.9. The molecular weight excluding hydrogens is 569 g/mol. The fourth-order valence-electron chi connectivity index (χ4n) is 4.16. The van der Waals surface area contributed by atoms with Crippen LogP contribution in [0.1, 0.15) is 68.6 Å². The molecular formula is C26H47F3N12O2. The minimum atomic E-state index is -4.42. The normalized spacial score (nSPS) is 16.9. The van der Waals surface area contributed by atoms with Crippen molar-refractivity contribution in [2.75, 3.05) is 19.3 Å². The lowest BCUT2D eigenvalue weighted by molar-refractivity contribution is -0.162. The Labute approximate surface area is 251 Å². The number of rotatable bonds is 3. The monoisotopic (exact) mass is 616 g/mol. The lowest BCUT2D eigenvalue weighted by Gasteiger charge is -2.21. The molecule has 0 saturated heterocycles. The molecule has 244 valence electrons. The van der Waals surface area contributed by atoms with Crippen molar-refractivity contribution in [3.05, 3.63) is 12.2 Å². The first kappa shape index (κ1) is 39.1. The van der Waals surface area contributed by atoms with E-state index in [1.807, 2.05) is 34.6 Å². The summed E-state index contributed by atoms with van der Waals surface area (Å²) in [5.74, 6) is 0.952. The maximum Gasteiger partial charge on any atom is 0.408 e. The van der Waals surface area contributed by atoms with Crippen LogP contribution >= 0.6 is 0 Å². The molecule has 0 aromatic carbocycles. The summed E-state index contributed by atoms with van der Waals surface area (Å²) in [6, 6.07) is 0. The molecule has 2 N–H and O–H groups in total. The van der Waals surface area contributed by atoms with Gasteiger partial charge < -0.3 is 5.73 Å². The second kappa shape index (κ2) is 15.0. The van der Waals surface area contributed by atoms with Gasteiger partial charge in [0.15, 0.2) is 0 Å². The molecule has 0 saturated carbocycles. The number of carbonyl (C=O) groups excluding carboxylic acids is 2. The highest BCUT2D eigenvalue weighted by molar-refractivity contribution is 6.12. The van der Waals surface area contributed by atoms with Gasteiger partial charge in [-0.3, -0.25) is 14.3 Å². The molecule has 2 aromatic heterocycles. The van der Waals surface area contributed by atoms with Gasteiger partial charge in [0.25, 0.3) is 11.8 Å². The zero-order valence-corrected chi connectivity index (χ0v) is 26.4. The molecule has 4 heterocycles. The van der Waals surface area contributed by atoms with Crippen LogP contribution in [0.2, 0.25) is 0 Å². The SMILES string of the molecule is C.CC(C)C1=NN(C)C(=O)C1(C)C.CC(C)C1=NN(CC(F)(F)F)C(=O)C1(C)C.Cc1nnnn1C.Cn1cnc(N)n1. The van der Waals surface area contributed by atoms with E-state index in [1.165, 1.54) is 5.01 Å². The number of halogens is 3. The predicted octanol–water partition coefficient (Wildman–Crippen LogP) is 3.48. The van der Waals surface area contributed by atoms with Crippen LogP contribution in [0.4, 0.5) is 19.1 Å². The van der Waals surface area contributed by atoms with E-state index in [4.69, 9.17) is 5.73 Å². The summed E-state index contributed by atoms with van der Waals surface area (Å²) < 4.78 is 39.8. The molecule has 0 atom stereocenters. The number of nitrogens with two attached hydrogens (primary N) is 1. The minimum absolute atomic E-state index is 0. The number of aromatic nitrogens is 7. The van der Waals surface area contributed by atoms with Crippen molar-refractivity contribution in [1.29, 1.82) is 0 Å². The zero-order chi connectivity index (χ0) is 32.8. The van der Waals surface area contributed by atoms with Gasteiger partial charge in [-0.2, -0.15) is 23.4 Å². The van der Waals surface area contributed by atoms with E-state index in [-0.39, 0.29) is 19.3 Å². The third-order valence-corrected chi connectivity index (χ3v) is 6.24. The fourth-order valence-corrected chi connectivity index (χ4v) is 4.16. The summed E-state index contributed by atoms with van der Waals surface area (Å²) >= 11 is 0. The number of carbonyl (C=O) groups is 2. The van der Waals surface area contributed by atoms with Gasteiger partial charge in [0.1, 0.15) is 18.7 Å². The van der Waals surface area contributed by atoms with Crippen molar-refractivity contribution in [2.45, 2.75) is 75.9 Å². The second-order valence-corrected chi connectivity index (χ2v) is 11.5. The van der Waals surface area contributed by atoms with E-state index in [0.29, 0.717) is 22.6 Å². The van der Waals surface area contributed by atoms with Crippen LogP contribution in [0.15, 0.2) is 16.5 Å². The Morgan fingerprint density at radius 1 is 0.907 bits per heavy atom. The largest absolute Gasteiger partial charge is 0.408 e. The van der Waals surface area contributed by atoms with Gasteiger partial charge in [0, 0.05) is 21.1 Å². The van der Waals surface area contributed by atoms with E-state index in [1.54, 1.807) is 50.7 Å². The highest BCUT2D eigenvalue weighted by Gasteiger charge is 2.47. The molecule has 0 radical (unpaired) electrons. The number of anilines is 1.